The summed E-state index contributed by atoms with van der Waals surface area (Å²) in [7, 11) is 0. The molecule has 1 unspecified atom stereocenters. The Bertz CT molecular complexity index is 946. The molecule has 1 spiro atoms. The Kier molecular flexibility index (Phi) is 7.27. The van der Waals surface area contributed by atoms with Crippen LogP contribution in [-0.4, -0.2) is 43.3 Å². The molecule has 1 aromatic carbocycles. The van der Waals surface area contributed by atoms with Gasteiger partial charge in [-0.25, -0.2) is 4.79 Å². The van der Waals surface area contributed by atoms with Crippen molar-refractivity contribution in [1.82, 2.24) is 5.32 Å². The number of rotatable bonds is 5. The fourth-order valence-corrected chi connectivity index (χ4v) is 6.30. The van der Waals surface area contributed by atoms with Crippen LogP contribution in [0.25, 0.3) is 0 Å². The molecule has 8 nitrogen and oxygen atoms in total. The molecule has 2 heterocycles. The van der Waals surface area contributed by atoms with Crippen LogP contribution in [0.2, 0.25) is 0 Å². The summed E-state index contributed by atoms with van der Waals surface area (Å²) in [4.78, 5) is 39.0. The fraction of sp³-hybridized carbons (Fsp3) is 0.667. The smallest absolute Gasteiger partial charge is 0.408 e. The molecule has 1 atom stereocenters. The molecule has 1 aromatic rings. The topological polar surface area (TPSA) is 106 Å². The first-order valence-corrected chi connectivity index (χ1v) is 13.4. The number of amides is 3. The largest absolute Gasteiger partial charge is 0.446 e. The summed E-state index contributed by atoms with van der Waals surface area (Å²) >= 11 is 0. The van der Waals surface area contributed by atoms with E-state index < -0.39 is 17.6 Å². The van der Waals surface area contributed by atoms with Crippen LogP contribution in [0.3, 0.4) is 0 Å². The van der Waals surface area contributed by atoms with Gasteiger partial charge in [0.2, 0.25) is 11.8 Å². The number of hydrogen-bond donors (Lipinski definition) is 3. The van der Waals surface area contributed by atoms with Crippen molar-refractivity contribution in [1.29, 1.82) is 0 Å². The minimum atomic E-state index is -0.643. The monoisotopic (exact) mass is 483 g/mol. The Morgan fingerprint density at radius 3 is 2.40 bits per heavy atom. The summed E-state index contributed by atoms with van der Waals surface area (Å²) < 4.78 is 11.1. The first-order chi connectivity index (χ1) is 17.0. The second-order valence-corrected chi connectivity index (χ2v) is 10.6. The lowest BCUT2D eigenvalue weighted by Crippen LogP contribution is -2.49. The molecule has 2 saturated carbocycles. The maximum atomic E-state index is 13.4. The lowest BCUT2D eigenvalue weighted by molar-refractivity contribution is -0.124. The predicted molar refractivity (Wildman–Crippen MR) is 132 cm³/mol. The van der Waals surface area contributed by atoms with E-state index in [0.717, 1.165) is 69.0 Å². The van der Waals surface area contributed by atoms with Crippen LogP contribution in [0.5, 0.6) is 0 Å². The number of benzene rings is 1. The van der Waals surface area contributed by atoms with E-state index in [1.165, 1.54) is 6.42 Å². The predicted octanol–water partition coefficient (Wildman–Crippen LogP) is 4.63. The van der Waals surface area contributed by atoms with Crippen LogP contribution in [0, 0.1) is 5.92 Å². The summed E-state index contributed by atoms with van der Waals surface area (Å²) in [5.41, 5.74) is 1.79. The number of nitrogens with one attached hydrogen (secondary N) is 3. The second kappa shape index (κ2) is 10.6. The van der Waals surface area contributed by atoms with Crippen LogP contribution >= 0.6 is 0 Å². The number of fused-ring (bicyclic) bond motifs is 2. The molecule has 3 fully saturated rings. The number of ether oxygens (including phenoxy) is 2. The molecule has 35 heavy (non-hydrogen) atoms. The Morgan fingerprint density at radius 1 is 1.00 bits per heavy atom. The Morgan fingerprint density at radius 2 is 1.69 bits per heavy atom. The van der Waals surface area contributed by atoms with E-state index in [9.17, 15) is 14.4 Å². The van der Waals surface area contributed by atoms with Crippen molar-refractivity contribution in [2.75, 3.05) is 23.8 Å². The molecule has 8 heteroatoms. The summed E-state index contributed by atoms with van der Waals surface area (Å²) in [5.74, 6) is -0.142. The molecule has 2 aliphatic carbocycles. The Balaban J connectivity index is 1.28. The Hall–Kier alpha value is -2.61. The van der Waals surface area contributed by atoms with Crippen molar-refractivity contribution in [3.63, 3.8) is 0 Å². The summed E-state index contributed by atoms with van der Waals surface area (Å²) in [6, 6.07) is 4.98. The molecule has 3 N–H and O–H groups in total. The molecule has 4 aliphatic rings. The van der Waals surface area contributed by atoms with Crippen LogP contribution < -0.4 is 16.0 Å². The van der Waals surface area contributed by atoms with Crippen molar-refractivity contribution in [2.45, 2.75) is 94.6 Å². The van der Waals surface area contributed by atoms with Gasteiger partial charge in [0, 0.05) is 24.6 Å². The zero-order chi connectivity index (χ0) is 24.3. The van der Waals surface area contributed by atoms with Gasteiger partial charge in [-0.05, 0) is 75.0 Å². The molecular weight excluding hydrogens is 446 g/mol. The molecule has 2 aliphatic heterocycles. The van der Waals surface area contributed by atoms with Gasteiger partial charge in [0.05, 0.1) is 5.41 Å². The van der Waals surface area contributed by atoms with E-state index in [1.54, 1.807) is 0 Å². The third-order valence-electron chi connectivity index (χ3n) is 8.33. The maximum Gasteiger partial charge on any atom is 0.408 e. The maximum absolute atomic E-state index is 13.4. The fourth-order valence-electron chi connectivity index (χ4n) is 6.30. The molecule has 5 rings (SSSR count). The third kappa shape index (κ3) is 5.17. The van der Waals surface area contributed by atoms with Gasteiger partial charge in [-0.2, -0.15) is 0 Å². The van der Waals surface area contributed by atoms with Gasteiger partial charge in [-0.15, -0.1) is 0 Å². The van der Waals surface area contributed by atoms with Gasteiger partial charge in [0.25, 0.3) is 0 Å². The highest BCUT2D eigenvalue weighted by atomic mass is 16.6. The van der Waals surface area contributed by atoms with Gasteiger partial charge >= 0.3 is 6.09 Å². The van der Waals surface area contributed by atoms with E-state index in [-0.39, 0.29) is 23.8 Å². The standard InChI is InChI=1S/C27H37N3O5/c31-24(23(18-7-3-1-4-8-18)30-26(33)35-20-9-5-2-6-10-20)28-19-11-12-21-22(17-19)29-25(32)27(21)13-15-34-16-14-27/h11-12,17-18,20,23H,1-10,13-16H2,(H,28,31)(H,29,32)(H,30,33). The zero-order valence-electron chi connectivity index (χ0n) is 20.4. The van der Waals surface area contributed by atoms with Gasteiger partial charge in [0.1, 0.15) is 12.1 Å². The zero-order valence-corrected chi connectivity index (χ0v) is 20.4. The molecule has 0 radical (unpaired) electrons. The first kappa shape index (κ1) is 24.1. The van der Waals surface area contributed by atoms with Gasteiger partial charge < -0.3 is 25.4 Å². The lowest BCUT2D eigenvalue weighted by atomic mass is 9.75. The SMILES string of the molecule is O=C(NC(C(=O)Nc1ccc2c(c1)NC(=O)C21CCOCC1)C1CCCCC1)OC1CCCCC1. The molecule has 0 aromatic heterocycles. The highest BCUT2D eigenvalue weighted by molar-refractivity contribution is 6.07. The van der Waals surface area contributed by atoms with Crippen molar-refractivity contribution < 1.29 is 23.9 Å². The van der Waals surface area contributed by atoms with E-state index in [2.05, 4.69) is 16.0 Å². The number of carbonyl (C=O) groups is 3. The van der Waals surface area contributed by atoms with Gasteiger partial charge in [-0.1, -0.05) is 31.7 Å². The molecule has 3 amide bonds. The Labute approximate surface area is 206 Å². The van der Waals surface area contributed by atoms with Crippen LogP contribution in [0.4, 0.5) is 16.2 Å². The number of alkyl carbamates (subject to hydrolysis) is 1. The summed E-state index contributed by atoms with van der Waals surface area (Å²) in [6.45, 7) is 1.13. The first-order valence-electron chi connectivity index (χ1n) is 13.4. The second-order valence-electron chi connectivity index (χ2n) is 10.6. The van der Waals surface area contributed by atoms with Crippen molar-refractivity contribution in [3.8, 4) is 0 Å². The van der Waals surface area contributed by atoms with E-state index >= 15 is 0 Å². The molecule has 1 saturated heterocycles. The lowest BCUT2D eigenvalue weighted by Gasteiger charge is -2.31. The number of anilines is 2. The van der Waals surface area contributed by atoms with Gasteiger partial charge in [0.15, 0.2) is 0 Å². The van der Waals surface area contributed by atoms with Crippen LogP contribution in [0.1, 0.15) is 82.6 Å². The van der Waals surface area contributed by atoms with E-state index in [0.29, 0.717) is 31.7 Å². The number of carbonyl (C=O) groups excluding carboxylic acids is 3. The molecule has 0 bridgehead atoms. The minimum absolute atomic E-state index is 0.00600. The van der Waals surface area contributed by atoms with E-state index in [4.69, 9.17) is 9.47 Å². The van der Waals surface area contributed by atoms with Crippen LogP contribution in [-0.2, 0) is 24.5 Å². The van der Waals surface area contributed by atoms with Gasteiger partial charge in [-0.3, -0.25) is 9.59 Å². The quantitative estimate of drug-likeness (QED) is 0.566. The average Bonchev–Trinajstić information content (AvgIpc) is 3.14. The highest BCUT2D eigenvalue weighted by Crippen LogP contribution is 2.45. The van der Waals surface area contributed by atoms with Crippen molar-refractivity contribution in [3.05, 3.63) is 23.8 Å². The van der Waals surface area contributed by atoms with Crippen LogP contribution in [0.15, 0.2) is 18.2 Å². The number of hydrogen-bond acceptors (Lipinski definition) is 5. The normalized spacial score (nSPS) is 23.3. The molecular formula is C27H37N3O5. The van der Waals surface area contributed by atoms with Crippen molar-refractivity contribution in [2.24, 2.45) is 5.92 Å². The highest BCUT2D eigenvalue weighted by Gasteiger charge is 2.47. The summed E-state index contributed by atoms with van der Waals surface area (Å²) in [6.07, 6.45) is 11.0. The summed E-state index contributed by atoms with van der Waals surface area (Å²) in [5, 5.41) is 8.91. The average molecular weight is 484 g/mol. The third-order valence-corrected chi connectivity index (χ3v) is 8.33. The minimum Gasteiger partial charge on any atom is -0.446 e. The van der Waals surface area contributed by atoms with Crippen molar-refractivity contribution >= 4 is 29.3 Å². The molecule has 190 valence electrons. The van der Waals surface area contributed by atoms with E-state index in [1.807, 2.05) is 18.2 Å².